The third kappa shape index (κ3) is 4.15. The highest BCUT2D eigenvalue weighted by Gasteiger charge is 2.32. The van der Waals surface area contributed by atoms with Gasteiger partial charge in [0.1, 0.15) is 5.52 Å². The van der Waals surface area contributed by atoms with Crippen LogP contribution in [0, 0.1) is 0 Å². The maximum Gasteiger partial charge on any atom is 0.416 e. The highest BCUT2D eigenvalue weighted by Crippen LogP contribution is 2.35. The Balaban J connectivity index is 1.78. The zero-order valence-electron chi connectivity index (χ0n) is 15.2. The number of para-hydroxylation sites is 1. The molecule has 0 bridgehead atoms. The summed E-state index contributed by atoms with van der Waals surface area (Å²) in [5.41, 5.74) is 0.275. The van der Waals surface area contributed by atoms with Crippen LogP contribution >= 0.6 is 22.9 Å². The molecule has 0 spiro atoms. The quantitative estimate of drug-likeness (QED) is 0.373. The van der Waals surface area contributed by atoms with E-state index in [9.17, 15) is 18.0 Å². The number of thiazole rings is 1. The Kier molecular flexibility index (Phi) is 5.44. The molecule has 152 valence electrons. The van der Waals surface area contributed by atoms with Crippen LogP contribution in [-0.2, 0) is 12.7 Å². The van der Waals surface area contributed by atoms with Crippen molar-refractivity contribution in [2.75, 3.05) is 4.90 Å². The number of hydrogen-bond donors (Lipinski definition) is 0. The monoisotopic (exact) mass is 447 g/mol. The summed E-state index contributed by atoms with van der Waals surface area (Å²) in [5.74, 6) is -0.597. The second kappa shape index (κ2) is 8.04. The van der Waals surface area contributed by atoms with Crippen LogP contribution in [0.5, 0.6) is 0 Å². The minimum absolute atomic E-state index is 0.0842. The molecule has 4 rings (SSSR count). The number of benzene rings is 2. The molecule has 0 aliphatic rings. The summed E-state index contributed by atoms with van der Waals surface area (Å²) in [6.07, 6.45) is -1.36. The lowest BCUT2D eigenvalue weighted by Gasteiger charge is -2.20. The van der Waals surface area contributed by atoms with Crippen LogP contribution in [0.1, 0.15) is 21.5 Å². The molecule has 2 aromatic carbocycles. The van der Waals surface area contributed by atoms with Gasteiger partial charge in [-0.15, -0.1) is 0 Å². The van der Waals surface area contributed by atoms with E-state index >= 15 is 0 Å². The largest absolute Gasteiger partial charge is 0.416 e. The molecule has 2 aromatic heterocycles. The molecule has 0 saturated heterocycles. The van der Waals surface area contributed by atoms with E-state index < -0.39 is 17.6 Å². The van der Waals surface area contributed by atoms with Gasteiger partial charge in [-0.05, 0) is 42.0 Å². The summed E-state index contributed by atoms with van der Waals surface area (Å²) >= 11 is 7.45. The molecule has 0 aliphatic heterocycles. The smallest absolute Gasteiger partial charge is 0.279 e. The zero-order valence-corrected chi connectivity index (χ0v) is 16.8. The topological polar surface area (TPSA) is 46.1 Å². The van der Waals surface area contributed by atoms with Crippen molar-refractivity contribution in [3.05, 3.63) is 88.7 Å². The summed E-state index contributed by atoms with van der Waals surface area (Å²) in [6, 6.07) is 13.1. The van der Waals surface area contributed by atoms with Gasteiger partial charge in [0, 0.05) is 18.0 Å². The van der Waals surface area contributed by atoms with Crippen LogP contribution in [-0.4, -0.2) is 15.9 Å². The fourth-order valence-corrected chi connectivity index (χ4v) is 4.17. The number of anilines is 1. The SMILES string of the molecule is O=C(c1cccc(C(F)(F)F)c1)N(Cc1cccnc1)c1nc2c(Cl)cccc2s1. The molecule has 0 fully saturated rings. The Bertz CT molecular complexity index is 1210. The van der Waals surface area contributed by atoms with Gasteiger partial charge < -0.3 is 0 Å². The zero-order chi connectivity index (χ0) is 21.3. The van der Waals surface area contributed by atoms with Crippen LogP contribution in [0.25, 0.3) is 10.2 Å². The molecule has 0 N–H and O–H groups in total. The van der Waals surface area contributed by atoms with Crippen molar-refractivity contribution < 1.29 is 18.0 Å². The standard InChI is InChI=1S/C21H13ClF3N3OS/c22-16-7-2-8-17-18(16)27-20(30-17)28(12-13-4-3-9-26-11-13)19(29)14-5-1-6-15(10-14)21(23,24)25/h1-11H,12H2. The van der Waals surface area contributed by atoms with Gasteiger partial charge in [-0.25, -0.2) is 4.98 Å². The van der Waals surface area contributed by atoms with Gasteiger partial charge >= 0.3 is 6.18 Å². The first kappa shape index (κ1) is 20.3. The van der Waals surface area contributed by atoms with Crippen molar-refractivity contribution in [2.45, 2.75) is 12.7 Å². The molecule has 0 unspecified atom stereocenters. The van der Waals surface area contributed by atoms with E-state index in [1.807, 2.05) is 6.07 Å². The van der Waals surface area contributed by atoms with E-state index in [-0.39, 0.29) is 12.1 Å². The van der Waals surface area contributed by atoms with Crippen LogP contribution in [0.3, 0.4) is 0 Å². The number of pyridine rings is 1. The Morgan fingerprint density at radius 3 is 2.60 bits per heavy atom. The van der Waals surface area contributed by atoms with E-state index in [0.29, 0.717) is 21.2 Å². The highest BCUT2D eigenvalue weighted by atomic mass is 35.5. The molecule has 0 aliphatic carbocycles. The van der Waals surface area contributed by atoms with Crippen LogP contribution < -0.4 is 4.90 Å². The normalized spacial score (nSPS) is 11.6. The van der Waals surface area contributed by atoms with Crippen LogP contribution in [0.15, 0.2) is 67.0 Å². The third-order valence-electron chi connectivity index (χ3n) is 4.33. The minimum Gasteiger partial charge on any atom is -0.279 e. The maximum absolute atomic E-state index is 13.3. The number of aromatic nitrogens is 2. The average molecular weight is 448 g/mol. The summed E-state index contributed by atoms with van der Waals surface area (Å²) < 4.78 is 40.2. The van der Waals surface area contributed by atoms with E-state index in [1.54, 1.807) is 36.7 Å². The highest BCUT2D eigenvalue weighted by molar-refractivity contribution is 7.22. The summed E-state index contributed by atoms with van der Waals surface area (Å²) in [7, 11) is 0. The Morgan fingerprint density at radius 1 is 1.10 bits per heavy atom. The molecule has 0 saturated carbocycles. The first-order chi connectivity index (χ1) is 14.3. The second-order valence-electron chi connectivity index (χ2n) is 6.41. The van der Waals surface area contributed by atoms with Crippen molar-refractivity contribution in [1.29, 1.82) is 0 Å². The first-order valence-corrected chi connectivity index (χ1v) is 9.95. The number of fused-ring (bicyclic) bond motifs is 1. The first-order valence-electron chi connectivity index (χ1n) is 8.76. The van der Waals surface area contributed by atoms with Crippen molar-refractivity contribution in [3.63, 3.8) is 0 Å². The predicted octanol–water partition coefficient (Wildman–Crippen LogP) is 6.21. The molecular formula is C21H13ClF3N3OS. The Labute approximate surface area is 178 Å². The van der Waals surface area contributed by atoms with Crippen LogP contribution in [0.2, 0.25) is 5.02 Å². The van der Waals surface area contributed by atoms with Gasteiger partial charge in [0.15, 0.2) is 5.13 Å². The molecule has 1 amide bonds. The van der Waals surface area contributed by atoms with E-state index in [0.717, 1.165) is 16.8 Å². The molecule has 0 atom stereocenters. The molecular weight excluding hydrogens is 435 g/mol. The van der Waals surface area contributed by atoms with Gasteiger partial charge in [0.2, 0.25) is 0 Å². The number of halogens is 4. The molecule has 4 aromatic rings. The molecule has 9 heteroatoms. The summed E-state index contributed by atoms with van der Waals surface area (Å²) in [4.78, 5) is 23.1. The number of rotatable bonds is 4. The van der Waals surface area contributed by atoms with Gasteiger partial charge in [0.05, 0.1) is 21.8 Å². The van der Waals surface area contributed by atoms with Crippen molar-refractivity contribution >= 4 is 44.2 Å². The Hall–Kier alpha value is -2.97. The van der Waals surface area contributed by atoms with E-state index in [2.05, 4.69) is 9.97 Å². The van der Waals surface area contributed by atoms with Gasteiger partial charge in [-0.1, -0.05) is 41.1 Å². The lowest BCUT2D eigenvalue weighted by Crippen LogP contribution is -2.30. The average Bonchev–Trinajstić information content (AvgIpc) is 3.17. The minimum atomic E-state index is -4.55. The fraction of sp³-hybridized carbons (Fsp3) is 0.0952. The van der Waals surface area contributed by atoms with E-state index in [4.69, 9.17) is 11.6 Å². The fourth-order valence-electron chi connectivity index (χ4n) is 2.90. The predicted molar refractivity (Wildman–Crippen MR) is 111 cm³/mol. The number of nitrogens with zero attached hydrogens (tertiary/aromatic N) is 3. The van der Waals surface area contributed by atoms with E-state index in [1.165, 1.54) is 28.4 Å². The third-order valence-corrected chi connectivity index (χ3v) is 5.68. The van der Waals surface area contributed by atoms with Crippen molar-refractivity contribution in [2.24, 2.45) is 0 Å². The number of alkyl halides is 3. The lowest BCUT2D eigenvalue weighted by atomic mass is 10.1. The maximum atomic E-state index is 13.3. The second-order valence-corrected chi connectivity index (χ2v) is 7.83. The van der Waals surface area contributed by atoms with Gasteiger partial charge in [-0.3, -0.25) is 14.7 Å². The lowest BCUT2D eigenvalue weighted by molar-refractivity contribution is -0.137. The number of hydrogen-bond acceptors (Lipinski definition) is 4. The molecule has 30 heavy (non-hydrogen) atoms. The van der Waals surface area contributed by atoms with Crippen molar-refractivity contribution in [3.8, 4) is 0 Å². The van der Waals surface area contributed by atoms with Crippen LogP contribution in [0.4, 0.5) is 18.3 Å². The van der Waals surface area contributed by atoms with Gasteiger partial charge in [-0.2, -0.15) is 13.2 Å². The summed E-state index contributed by atoms with van der Waals surface area (Å²) in [5, 5.41) is 0.771. The molecule has 2 heterocycles. The summed E-state index contributed by atoms with van der Waals surface area (Å²) in [6.45, 7) is 0.0976. The van der Waals surface area contributed by atoms with Gasteiger partial charge in [0.25, 0.3) is 5.91 Å². The molecule has 0 radical (unpaired) electrons. The number of amides is 1. The number of carbonyl (C=O) groups excluding carboxylic acids is 1. The van der Waals surface area contributed by atoms with Crippen molar-refractivity contribution in [1.82, 2.24) is 9.97 Å². The molecule has 4 nitrogen and oxygen atoms in total. The Morgan fingerprint density at radius 2 is 1.90 bits per heavy atom. The number of carbonyl (C=O) groups is 1.